The summed E-state index contributed by atoms with van der Waals surface area (Å²) in [4.78, 5) is 22.9. The van der Waals surface area contributed by atoms with Crippen molar-refractivity contribution in [2.75, 3.05) is 13.7 Å². The number of carboxylic acids is 1. The first-order valence-corrected chi connectivity index (χ1v) is 6.65. The summed E-state index contributed by atoms with van der Waals surface area (Å²) < 4.78 is 4.80. The van der Waals surface area contributed by atoms with Gasteiger partial charge >= 0.3 is 5.97 Å². The average molecular weight is 320 g/mol. The fourth-order valence-electron chi connectivity index (χ4n) is 1.60. The molecule has 1 amide bonds. The van der Waals surface area contributed by atoms with Gasteiger partial charge in [0.2, 0.25) is 5.91 Å². The first-order chi connectivity index (χ1) is 9.45. The molecule has 1 rings (SSSR count). The number of hydrogen-bond donors (Lipinski definition) is 2. The third kappa shape index (κ3) is 5.00. The molecule has 0 saturated carbocycles. The van der Waals surface area contributed by atoms with Crippen LogP contribution in [0.2, 0.25) is 10.0 Å². The monoisotopic (exact) mass is 319 g/mol. The van der Waals surface area contributed by atoms with E-state index in [0.29, 0.717) is 15.6 Å². The molecule has 1 aromatic rings. The lowest BCUT2D eigenvalue weighted by atomic mass is 10.1. The molecule has 7 heteroatoms. The SMILES string of the molecule is COCCC(NC(=O)Cc1c(Cl)cccc1Cl)C(=O)O. The van der Waals surface area contributed by atoms with Gasteiger partial charge in [-0.05, 0) is 17.7 Å². The molecule has 0 radical (unpaired) electrons. The summed E-state index contributed by atoms with van der Waals surface area (Å²) in [6, 6.07) is 3.92. The maximum atomic E-state index is 11.9. The Hall–Kier alpha value is -1.30. The Morgan fingerprint density at radius 1 is 1.35 bits per heavy atom. The van der Waals surface area contributed by atoms with Crippen molar-refractivity contribution in [3.8, 4) is 0 Å². The van der Waals surface area contributed by atoms with E-state index in [0.717, 1.165) is 0 Å². The van der Waals surface area contributed by atoms with E-state index in [9.17, 15) is 9.59 Å². The standard InChI is InChI=1S/C13H15Cl2NO4/c1-20-6-5-11(13(18)19)16-12(17)7-8-9(14)3-2-4-10(8)15/h2-4,11H,5-7H2,1H3,(H,16,17)(H,18,19). The van der Waals surface area contributed by atoms with Gasteiger partial charge in [-0.3, -0.25) is 4.79 Å². The molecule has 0 heterocycles. The molecule has 0 aliphatic carbocycles. The van der Waals surface area contributed by atoms with Crippen LogP contribution in [0, 0.1) is 0 Å². The van der Waals surface area contributed by atoms with E-state index in [1.807, 2.05) is 0 Å². The highest BCUT2D eigenvalue weighted by Gasteiger charge is 2.20. The Labute approximate surface area is 126 Å². The first-order valence-electron chi connectivity index (χ1n) is 5.89. The number of rotatable bonds is 7. The molecule has 2 N–H and O–H groups in total. The molecular formula is C13H15Cl2NO4. The first kappa shape index (κ1) is 16.8. The zero-order chi connectivity index (χ0) is 15.1. The lowest BCUT2D eigenvalue weighted by Crippen LogP contribution is -2.42. The highest BCUT2D eigenvalue weighted by atomic mass is 35.5. The molecule has 110 valence electrons. The van der Waals surface area contributed by atoms with Crippen LogP contribution in [0.25, 0.3) is 0 Å². The molecule has 5 nitrogen and oxygen atoms in total. The fraction of sp³-hybridized carbons (Fsp3) is 0.385. The van der Waals surface area contributed by atoms with Crippen molar-refractivity contribution in [3.63, 3.8) is 0 Å². The smallest absolute Gasteiger partial charge is 0.326 e. The van der Waals surface area contributed by atoms with E-state index in [1.165, 1.54) is 7.11 Å². The van der Waals surface area contributed by atoms with Crippen molar-refractivity contribution in [2.45, 2.75) is 18.9 Å². The number of carboxylic acid groups (broad SMARTS) is 1. The molecule has 0 aliphatic heterocycles. The van der Waals surface area contributed by atoms with Crippen LogP contribution in [0.3, 0.4) is 0 Å². The van der Waals surface area contributed by atoms with Gasteiger partial charge in [0, 0.05) is 30.2 Å². The van der Waals surface area contributed by atoms with Gasteiger partial charge in [-0.15, -0.1) is 0 Å². The van der Waals surface area contributed by atoms with Crippen LogP contribution >= 0.6 is 23.2 Å². The molecule has 0 fully saturated rings. The normalized spacial score (nSPS) is 11.9. The van der Waals surface area contributed by atoms with E-state index in [2.05, 4.69) is 5.32 Å². The van der Waals surface area contributed by atoms with Gasteiger partial charge in [-0.2, -0.15) is 0 Å². The summed E-state index contributed by atoms with van der Waals surface area (Å²) >= 11 is 11.9. The molecule has 0 aliphatic rings. The fourth-order valence-corrected chi connectivity index (χ4v) is 2.13. The number of halogens is 2. The van der Waals surface area contributed by atoms with Crippen molar-refractivity contribution in [2.24, 2.45) is 0 Å². The number of nitrogens with one attached hydrogen (secondary N) is 1. The van der Waals surface area contributed by atoms with Crippen LogP contribution in [-0.2, 0) is 20.7 Å². The van der Waals surface area contributed by atoms with E-state index >= 15 is 0 Å². The number of carbonyl (C=O) groups excluding carboxylic acids is 1. The number of ether oxygens (including phenoxy) is 1. The Morgan fingerprint density at radius 3 is 2.45 bits per heavy atom. The van der Waals surface area contributed by atoms with Crippen molar-refractivity contribution in [3.05, 3.63) is 33.8 Å². The lowest BCUT2D eigenvalue weighted by molar-refractivity contribution is -0.142. The second kappa shape index (κ2) is 8.09. The molecule has 1 unspecified atom stereocenters. The van der Waals surface area contributed by atoms with Crippen LogP contribution in [0.5, 0.6) is 0 Å². The largest absolute Gasteiger partial charge is 0.480 e. The Balaban J connectivity index is 2.68. The molecule has 1 atom stereocenters. The number of benzene rings is 1. The molecule has 0 spiro atoms. The van der Waals surface area contributed by atoms with Gasteiger partial charge in [0.15, 0.2) is 0 Å². The van der Waals surface area contributed by atoms with Crippen molar-refractivity contribution in [1.29, 1.82) is 0 Å². The lowest BCUT2D eigenvalue weighted by Gasteiger charge is -2.14. The summed E-state index contributed by atoms with van der Waals surface area (Å²) in [6.07, 6.45) is 0.114. The summed E-state index contributed by atoms with van der Waals surface area (Å²) in [5, 5.41) is 12.2. The van der Waals surface area contributed by atoms with Crippen molar-refractivity contribution in [1.82, 2.24) is 5.32 Å². The Bertz CT molecular complexity index is 473. The summed E-state index contributed by atoms with van der Waals surface area (Å²) in [7, 11) is 1.46. The van der Waals surface area contributed by atoms with Crippen LogP contribution in [0.4, 0.5) is 0 Å². The van der Waals surface area contributed by atoms with Crippen LogP contribution < -0.4 is 5.32 Å². The number of hydrogen-bond acceptors (Lipinski definition) is 3. The minimum atomic E-state index is -1.11. The second-order valence-corrected chi connectivity index (χ2v) is 4.93. The van der Waals surface area contributed by atoms with E-state index in [-0.39, 0.29) is 19.4 Å². The van der Waals surface area contributed by atoms with E-state index in [4.69, 9.17) is 33.0 Å². The van der Waals surface area contributed by atoms with Gasteiger partial charge in [0.05, 0.1) is 6.42 Å². The van der Waals surface area contributed by atoms with Crippen molar-refractivity contribution < 1.29 is 19.4 Å². The van der Waals surface area contributed by atoms with Gasteiger partial charge in [0.25, 0.3) is 0 Å². The maximum Gasteiger partial charge on any atom is 0.326 e. The zero-order valence-corrected chi connectivity index (χ0v) is 12.4. The highest BCUT2D eigenvalue weighted by Crippen LogP contribution is 2.24. The third-order valence-electron chi connectivity index (χ3n) is 2.64. The van der Waals surface area contributed by atoms with Gasteiger partial charge in [-0.25, -0.2) is 4.79 Å². The highest BCUT2D eigenvalue weighted by molar-refractivity contribution is 6.36. The van der Waals surface area contributed by atoms with E-state index < -0.39 is 17.9 Å². The topological polar surface area (TPSA) is 75.6 Å². The predicted octanol–water partition coefficient (Wildman–Crippen LogP) is 2.14. The number of carbonyl (C=O) groups is 2. The van der Waals surface area contributed by atoms with Crippen molar-refractivity contribution >= 4 is 35.1 Å². The second-order valence-electron chi connectivity index (χ2n) is 4.12. The molecule has 0 saturated heterocycles. The van der Waals surface area contributed by atoms with E-state index in [1.54, 1.807) is 18.2 Å². The molecule has 0 aromatic heterocycles. The summed E-state index contributed by atoms with van der Waals surface area (Å²) in [6.45, 7) is 0.240. The molecule has 20 heavy (non-hydrogen) atoms. The predicted molar refractivity (Wildman–Crippen MR) is 76.2 cm³/mol. The zero-order valence-electron chi connectivity index (χ0n) is 10.9. The molecular weight excluding hydrogens is 305 g/mol. The number of amides is 1. The number of aliphatic carboxylic acids is 1. The quantitative estimate of drug-likeness (QED) is 0.807. The molecule has 0 bridgehead atoms. The number of methoxy groups -OCH3 is 1. The summed E-state index contributed by atoms with van der Waals surface area (Å²) in [5.74, 6) is -1.57. The average Bonchev–Trinajstić information content (AvgIpc) is 2.38. The summed E-state index contributed by atoms with van der Waals surface area (Å²) in [5.41, 5.74) is 0.476. The minimum Gasteiger partial charge on any atom is -0.480 e. The van der Waals surface area contributed by atoms with Gasteiger partial charge in [-0.1, -0.05) is 29.3 Å². The Morgan fingerprint density at radius 2 is 1.95 bits per heavy atom. The Kier molecular flexibility index (Phi) is 6.78. The van der Waals surface area contributed by atoms with Gasteiger partial charge < -0.3 is 15.2 Å². The van der Waals surface area contributed by atoms with Crippen LogP contribution in [-0.4, -0.2) is 36.7 Å². The third-order valence-corrected chi connectivity index (χ3v) is 3.35. The molecule has 1 aromatic carbocycles. The maximum absolute atomic E-state index is 11.9. The van der Waals surface area contributed by atoms with Crippen LogP contribution in [0.15, 0.2) is 18.2 Å². The minimum absolute atomic E-state index is 0.0741. The van der Waals surface area contributed by atoms with Gasteiger partial charge in [0.1, 0.15) is 6.04 Å². The van der Waals surface area contributed by atoms with Crippen LogP contribution in [0.1, 0.15) is 12.0 Å².